The molecule has 0 radical (unpaired) electrons. The number of nitriles is 1. The number of piperazine rings is 1. The van der Waals surface area contributed by atoms with E-state index in [1.807, 2.05) is 35.2 Å². The van der Waals surface area contributed by atoms with Crippen molar-refractivity contribution in [3.8, 4) is 17.3 Å². The average Bonchev–Trinajstić information content (AvgIpc) is 3.17. The van der Waals surface area contributed by atoms with Crippen molar-refractivity contribution in [3.63, 3.8) is 0 Å². The van der Waals surface area contributed by atoms with Crippen molar-refractivity contribution in [2.75, 3.05) is 31.9 Å². The fraction of sp³-hybridized carbons (Fsp3) is 0.450. The van der Waals surface area contributed by atoms with Gasteiger partial charge in [0.1, 0.15) is 18.0 Å². The predicted molar refractivity (Wildman–Crippen MR) is 105 cm³/mol. The molecule has 142 valence electrons. The lowest BCUT2D eigenvalue weighted by atomic mass is 10.0. The fourth-order valence-electron chi connectivity index (χ4n) is 3.18. The molecule has 0 N–H and O–H groups in total. The van der Waals surface area contributed by atoms with Crippen LogP contribution >= 0.6 is 11.8 Å². The number of benzene rings is 1. The molecule has 0 aliphatic carbocycles. The maximum atomic E-state index is 12.5. The number of oxazole rings is 1. The first-order valence-electron chi connectivity index (χ1n) is 9.13. The van der Waals surface area contributed by atoms with Gasteiger partial charge in [-0.1, -0.05) is 55.9 Å². The second kappa shape index (κ2) is 9.07. The van der Waals surface area contributed by atoms with Crippen LogP contribution in [0.25, 0.3) is 11.3 Å². The molecule has 0 saturated carbocycles. The molecule has 3 rings (SSSR count). The van der Waals surface area contributed by atoms with Crippen LogP contribution in [0.1, 0.15) is 13.8 Å². The summed E-state index contributed by atoms with van der Waals surface area (Å²) in [5.74, 6) is 0.675. The number of amides is 1. The third-order valence-electron chi connectivity index (χ3n) is 4.70. The van der Waals surface area contributed by atoms with Gasteiger partial charge < -0.3 is 9.32 Å². The Morgan fingerprint density at radius 1 is 1.26 bits per heavy atom. The average molecular weight is 385 g/mol. The topological polar surface area (TPSA) is 73.4 Å². The van der Waals surface area contributed by atoms with Crippen molar-refractivity contribution in [1.29, 1.82) is 5.26 Å². The highest BCUT2D eigenvalue weighted by atomic mass is 32.2. The normalized spacial score (nSPS) is 16.3. The Kier molecular flexibility index (Phi) is 6.54. The molecular weight excluding hydrogens is 360 g/mol. The summed E-state index contributed by atoms with van der Waals surface area (Å²) in [6.45, 7) is 6.91. The van der Waals surface area contributed by atoms with Gasteiger partial charge in [0, 0.05) is 31.7 Å². The van der Waals surface area contributed by atoms with E-state index < -0.39 is 0 Å². The van der Waals surface area contributed by atoms with Crippen molar-refractivity contribution in [1.82, 2.24) is 14.8 Å². The molecule has 1 saturated heterocycles. The van der Waals surface area contributed by atoms with E-state index in [0.717, 1.165) is 24.3 Å². The zero-order chi connectivity index (χ0) is 19.2. The number of rotatable bonds is 6. The molecule has 1 aliphatic heterocycles. The SMILES string of the molecule is CC(C)[C@H](C#N)N1CCN(C(=O)CSc2nc(-c3ccccc3)co2)CC1. The molecule has 1 atom stereocenters. The smallest absolute Gasteiger partial charge is 0.256 e. The van der Waals surface area contributed by atoms with E-state index in [4.69, 9.17) is 4.42 Å². The Hall–Kier alpha value is -2.30. The number of thioether (sulfide) groups is 1. The van der Waals surface area contributed by atoms with E-state index in [-0.39, 0.29) is 17.9 Å². The molecule has 6 nitrogen and oxygen atoms in total. The Balaban J connectivity index is 1.48. The highest BCUT2D eigenvalue weighted by molar-refractivity contribution is 7.99. The van der Waals surface area contributed by atoms with Gasteiger partial charge in [-0.15, -0.1) is 0 Å². The number of carbonyl (C=O) groups excluding carboxylic acids is 1. The maximum Gasteiger partial charge on any atom is 0.256 e. The van der Waals surface area contributed by atoms with E-state index in [2.05, 4.69) is 29.8 Å². The summed E-state index contributed by atoms with van der Waals surface area (Å²) in [7, 11) is 0. The number of nitrogens with zero attached hydrogens (tertiary/aromatic N) is 4. The molecule has 0 unspecified atom stereocenters. The van der Waals surface area contributed by atoms with E-state index in [1.54, 1.807) is 6.26 Å². The lowest BCUT2D eigenvalue weighted by Crippen LogP contribution is -2.53. The number of aromatic nitrogens is 1. The van der Waals surface area contributed by atoms with Crippen LogP contribution in [0, 0.1) is 17.2 Å². The summed E-state index contributed by atoms with van der Waals surface area (Å²) in [5.41, 5.74) is 1.77. The monoisotopic (exact) mass is 384 g/mol. The van der Waals surface area contributed by atoms with Crippen molar-refractivity contribution in [2.24, 2.45) is 5.92 Å². The molecule has 0 spiro atoms. The largest absolute Gasteiger partial charge is 0.439 e. The van der Waals surface area contributed by atoms with Gasteiger partial charge in [0.25, 0.3) is 5.22 Å². The minimum atomic E-state index is -0.0830. The third-order valence-corrected chi connectivity index (χ3v) is 5.52. The first kappa shape index (κ1) is 19.5. The standard InChI is InChI=1S/C20H24N4O2S/c1-15(2)18(12-21)23-8-10-24(11-9-23)19(25)14-27-20-22-17(13-26-20)16-6-4-3-5-7-16/h3-7,13,15,18H,8-11,14H2,1-2H3/t18-/m0/s1. The molecule has 1 aliphatic rings. The predicted octanol–water partition coefficient (Wildman–Crippen LogP) is 3.13. The van der Waals surface area contributed by atoms with Gasteiger partial charge >= 0.3 is 0 Å². The molecule has 1 aromatic heterocycles. The molecule has 2 aromatic rings. The molecule has 1 fully saturated rings. The second-order valence-electron chi connectivity index (χ2n) is 6.89. The summed E-state index contributed by atoms with van der Waals surface area (Å²) >= 11 is 1.32. The Bertz CT molecular complexity index is 792. The van der Waals surface area contributed by atoms with Gasteiger partial charge in [0.05, 0.1) is 11.8 Å². The van der Waals surface area contributed by atoms with Gasteiger partial charge in [0.15, 0.2) is 0 Å². The molecule has 0 bridgehead atoms. The van der Waals surface area contributed by atoms with Crippen LogP contribution in [0.15, 0.2) is 46.2 Å². The van der Waals surface area contributed by atoms with Gasteiger partial charge in [-0.2, -0.15) is 5.26 Å². The third kappa shape index (κ3) is 4.90. The first-order valence-corrected chi connectivity index (χ1v) is 10.1. The number of hydrogen-bond donors (Lipinski definition) is 0. The van der Waals surface area contributed by atoms with E-state index in [1.165, 1.54) is 11.8 Å². The second-order valence-corrected chi connectivity index (χ2v) is 7.81. The zero-order valence-corrected chi connectivity index (χ0v) is 16.5. The van der Waals surface area contributed by atoms with Gasteiger partial charge in [-0.3, -0.25) is 9.69 Å². The molecule has 27 heavy (non-hydrogen) atoms. The number of carbonyl (C=O) groups is 1. The molecular formula is C20H24N4O2S. The van der Waals surface area contributed by atoms with E-state index >= 15 is 0 Å². The van der Waals surface area contributed by atoms with E-state index in [9.17, 15) is 10.1 Å². The summed E-state index contributed by atoms with van der Waals surface area (Å²) < 4.78 is 5.48. The van der Waals surface area contributed by atoms with E-state index in [0.29, 0.717) is 24.1 Å². The van der Waals surface area contributed by atoms with Gasteiger partial charge in [-0.25, -0.2) is 4.98 Å². The quantitative estimate of drug-likeness (QED) is 0.713. The zero-order valence-electron chi connectivity index (χ0n) is 15.7. The lowest BCUT2D eigenvalue weighted by Gasteiger charge is -2.38. The Morgan fingerprint density at radius 2 is 1.96 bits per heavy atom. The number of hydrogen-bond acceptors (Lipinski definition) is 6. The van der Waals surface area contributed by atoms with Crippen LogP contribution in [-0.4, -0.2) is 58.7 Å². The molecule has 7 heteroatoms. The molecule has 2 heterocycles. The summed E-state index contributed by atoms with van der Waals surface area (Å²) in [4.78, 5) is 21.0. The van der Waals surface area contributed by atoms with Crippen LogP contribution in [0.3, 0.4) is 0 Å². The van der Waals surface area contributed by atoms with Crippen molar-refractivity contribution < 1.29 is 9.21 Å². The summed E-state index contributed by atoms with van der Waals surface area (Å²) in [5, 5.41) is 9.83. The highest BCUT2D eigenvalue weighted by Crippen LogP contribution is 2.24. The molecule has 1 aromatic carbocycles. The van der Waals surface area contributed by atoms with Crippen LogP contribution in [-0.2, 0) is 4.79 Å². The van der Waals surface area contributed by atoms with Crippen LogP contribution in [0.5, 0.6) is 0 Å². The van der Waals surface area contributed by atoms with Crippen LogP contribution < -0.4 is 0 Å². The van der Waals surface area contributed by atoms with Crippen molar-refractivity contribution in [3.05, 3.63) is 36.6 Å². The minimum absolute atomic E-state index is 0.0807. The first-order chi connectivity index (χ1) is 13.1. The van der Waals surface area contributed by atoms with Crippen LogP contribution in [0.4, 0.5) is 0 Å². The lowest BCUT2D eigenvalue weighted by molar-refractivity contribution is -0.130. The van der Waals surface area contributed by atoms with Crippen molar-refractivity contribution >= 4 is 17.7 Å². The van der Waals surface area contributed by atoms with Crippen molar-refractivity contribution in [2.45, 2.75) is 25.1 Å². The fourth-order valence-corrected chi connectivity index (χ4v) is 3.89. The molecule has 1 amide bonds. The highest BCUT2D eigenvalue weighted by Gasteiger charge is 2.27. The minimum Gasteiger partial charge on any atom is -0.439 e. The summed E-state index contributed by atoms with van der Waals surface area (Å²) in [6.07, 6.45) is 1.62. The van der Waals surface area contributed by atoms with Crippen LogP contribution in [0.2, 0.25) is 0 Å². The van der Waals surface area contributed by atoms with Gasteiger partial charge in [-0.05, 0) is 5.92 Å². The Labute approximate surface area is 164 Å². The summed E-state index contributed by atoms with van der Waals surface area (Å²) in [6, 6.07) is 12.1. The van der Waals surface area contributed by atoms with Gasteiger partial charge in [0.2, 0.25) is 5.91 Å². The maximum absolute atomic E-state index is 12.5. The Morgan fingerprint density at radius 3 is 2.59 bits per heavy atom.